The zero-order valence-electron chi connectivity index (χ0n) is 11.7. The molecule has 0 radical (unpaired) electrons. The Morgan fingerprint density at radius 2 is 2.10 bits per heavy atom. The third-order valence-corrected chi connectivity index (χ3v) is 3.88. The van der Waals surface area contributed by atoms with Crippen LogP contribution in [0.15, 0.2) is 41.8 Å². The second kappa shape index (κ2) is 5.04. The largest absolute Gasteiger partial charge is 0.261 e. The second-order valence-corrected chi connectivity index (χ2v) is 5.43. The van der Waals surface area contributed by atoms with Crippen molar-refractivity contribution in [2.45, 2.75) is 26.2 Å². The molecule has 20 heavy (non-hydrogen) atoms. The summed E-state index contributed by atoms with van der Waals surface area (Å²) in [6.45, 7) is 4.66. The Morgan fingerprint density at radius 3 is 2.80 bits per heavy atom. The molecule has 1 aliphatic heterocycles. The molecule has 1 aromatic heterocycles. The molecular formula is C16H17N3O. The number of hydrogen-bond acceptors (Lipinski definition) is 3. The predicted molar refractivity (Wildman–Crippen MR) is 79.7 cm³/mol. The summed E-state index contributed by atoms with van der Waals surface area (Å²) in [5, 5.41) is 4.73. The van der Waals surface area contributed by atoms with Gasteiger partial charge in [-0.15, -0.1) is 4.91 Å². The Morgan fingerprint density at radius 1 is 1.25 bits per heavy atom. The summed E-state index contributed by atoms with van der Waals surface area (Å²) in [6, 6.07) is 10.2. The lowest BCUT2D eigenvalue weighted by Gasteiger charge is -2.31. The summed E-state index contributed by atoms with van der Waals surface area (Å²) in [7, 11) is 0. The van der Waals surface area contributed by atoms with Gasteiger partial charge in [-0.25, -0.2) is 5.01 Å². The standard InChI is InChI=1S/C16H17N3O/c1-11-3-6-16-14(7-11)8-15(10-19(16)18-20)13-5-4-12(2)17-9-13/h3-7,9,15H,8,10H2,1-2H3. The molecule has 1 aliphatic rings. The fraction of sp³-hybridized carbons (Fsp3) is 0.312. The predicted octanol–water partition coefficient (Wildman–Crippen LogP) is 3.53. The Labute approximate surface area is 118 Å². The van der Waals surface area contributed by atoms with Gasteiger partial charge in [-0.05, 0) is 43.5 Å². The number of rotatable bonds is 2. The van der Waals surface area contributed by atoms with Gasteiger partial charge in [0.1, 0.15) is 0 Å². The topological polar surface area (TPSA) is 45.6 Å². The van der Waals surface area contributed by atoms with Crippen LogP contribution in [0.25, 0.3) is 0 Å². The van der Waals surface area contributed by atoms with E-state index in [0.29, 0.717) is 6.54 Å². The minimum atomic E-state index is 0.259. The van der Waals surface area contributed by atoms with E-state index in [4.69, 9.17) is 0 Å². The lowest BCUT2D eigenvalue weighted by molar-refractivity contribution is 0.616. The summed E-state index contributed by atoms with van der Waals surface area (Å²) in [5.74, 6) is 0.259. The number of benzene rings is 1. The van der Waals surface area contributed by atoms with Crippen molar-refractivity contribution in [3.63, 3.8) is 0 Å². The molecule has 0 saturated carbocycles. The fourth-order valence-electron chi connectivity index (χ4n) is 2.79. The zero-order valence-corrected chi connectivity index (χ0v) is 11.7. The fourth-order valence-corrected chi connectivity index (χ4v) is 2.79. The number of aromatic nitrogens is 1. The average molecular weight is 267 g/mol. The van der Waals surface area contributed by atoms with Crippen molar-refractivity contribution in [1.29, 1.82) is 0 Å². The van der Waals surface area contributed by atoms with Crippen LogP contribution in [0.5, 0.6) is 0 Å². The molecule has 2 aromatic rings. The van der Waals surface area contributed by atoms with Gasteiger partial charge < -0.3 is 0 Å². The molecule has 4 heteroatoms. The molecule has 0 bridgehead atoms. The van der Waals surface area contributed by atoms with Crippen LogP contribution in [0.2, 0.25) is 0 Å². The molecule has 0 saturated heterocycles. The first kappa shape index (κ1) is 12.8. The normalized spacial score (nSPS) is 17.7. The maximum Gasteiger partial charge on any atom is 0.0658 e. The minimum absolute atomic E-state index is 0.259. The molecule has 3 rings (SSSR count). The van der Waals surface area contributed by atoms with E-state index in [-0.39, 0.29) is 5.92 Å². The van der Waals surface area contributed by atoms with Gasteiger partial charge >= 0.3 is 0 Å². The molecule has 1 atom stereocenters. The second-order valence-electron chi connectivity index (χ2n) is 5.43. The van der Waals surface area contributed by atoms with Crippen LogP contribution in [0.1, 0.15) is 28.3 Å². The van der Waals surface area contributed by atoms with E-state index in [1.54, 1.807) is 5.01 Å². The molecule has 0 spiro atoms. The molecule has 1 unspecified atom stereocenters. The van der Waals surface area contributed by atoms with Crippen molar-refractivity contribution in [2.75, 3.05) is 11.6 Å². The number of aryl methyl sites for hydroxylation is 2. The van der Waals surface area contributed by atoms with Crippen molar-refractivity contribution in [3.8, 4) is 0 Å². The third-order valence-electron chi connectivity index (χ3n) is 3.88. The summed E-state index contributed by atoms with van der Waals surface area (Å²) < 4.78 is 0. The summed E-state index contributed by atoms with van der Waals surface area (Å²) in [6.07, 6.45) is 2.83. The number of hydrogen-bond donors (Lipinski definition) is 0. The van der Waals surface area contributed by atoms with E-state index in [1.807, 2.05) is 31.3 Å². The average Bonchev–Trinajstić information content (AvgIpc) is 2.46. The molecule has 1 aromatic carbocycles. The van der Waals surface area contributed by atoms with Crippen LogP contribution in [0, 0.1) is 18.8 Å². The highest BCUT2D eigenvalue weighted by atomic mass is 16.3. The molecule has 0 N–H and O–H groups in total. The quantitative estimate of drug-likeness (QED) is 0.782. The summed E-state index contributed by atoms with van der Waals surface area (Å²) in [4.78, 5) is 15.5. The lowest BCUT2D eigenvalue weighted by atomic mass is 9.88. The molecule has 0 amide bonds. The van der Waals surface area contributed by atoms with Gasteiger partial charge in [0.2, 0.25) is 0 Å². The Balaban J connectivity index is 1.97. The minimum Gasteiger partial charge on any atom is -0.261 e. The van der Waals surface area contributed by atoms with Gasteiger partial charge in [-0.2, -0.15) is 0 Å². The van der Waals surface area contributed by atoms with E-state index in [0.717, 1.165) is 23.4 Å². The van der Waals surface area contributed by atoms with Crippen LogP contribution in [0.4, 0.5) is 5.69 Å². The van der Waals surface area contributed by atoms with Crippen LogP contribution in [-0.2, 0) is 6.42 Å². The highest BCUT2D eigenvalue weighted by molar-refractivity contribution is 5.57. The van der Waals surface area contributed by atoms with Crippen molar-refractivity contribution in [2.24, 2.45) is 5.29 Å². The van der Waals surface area contributed by atoms with E-state index in [1.165, 1.54) is 11.1 Å². The SMILES string of the molecule is Cc1ccc2c(c1)CC(c1ccc(C)nc1)CN2N=O. The maximum absolute atomic E-state index is 11.1. The van der Waals surface area contributed by atoms with E-state index >= 15 is 0 Å². The van der Waals surface area contributed by atoms with Gasteiger partial charge in [0.25, 0.3) is 0 Å². The summed E-state index contributed by atoms with van der Waals surface area (Å²) in [5.41, 5.74) is 5.49. The summed E-state index contributed by atoms with van der Waals surface area (Å²) >= 11 is 0. The first-order valence-corrected chi connectivity index (χ1v) is 6.80. The van der Waals surface area contributed by atoms with Gasteiger partial charge in [-0.1, -0.05) is 23.8 Å². The van der Waals surface area contributed by atoms with Gasteiger partial charge in [0, 0.05) is 17.8 Å². The third kappa shape index (κ3) is 2.29. The smallest absolute Gasteiger partial charge is 0.0658 e. The van der Waals surface area contributed by atoms with Crippen molar-refractivity contribution < 1.29 is 0 Å². The van der Waals surface area contributed by atoms with Crippen LogP contribution in [-0.4, -0.2) is 11.5 Å². The number of nitroso groups, excluding NO2 is 1. The lowest BCUT2D eigenvalue weighted by Crippen LogP contribution is -2.30. The maximum atomic E-state index is 11.1. The Kier molecular flexibility index (Phi) is 3.22. The van der Waals surface area contributed by atoms with E-state index in [9.17, 15) is 4.91 Å². The van der Waals surface area contributed by atoms with Crippen molar-refractivity contribution in [1.82, 2.24) is 4.98 Å². The molecule has 2 heterocycles. The number of anilines is 1. The van der Waals surface area contributed by atoms with Crippen LogP contribution >= 0.6 is 0 Å². The number of pyridine rings is 1. The Hall–Kier alpha value is -2.23. The monoisotopic (exact) mass is 267 g/mol. The van der Waals surface area contributed by atoms with Gasteiger partial charge in [0.05, 0.1) is 17.5 Å². The first-order valence-electron chi connectivity index (χ1n) is 6.80. The number of nitrogens with zero attached hydrogens (tertiary/aromatic N) is 3. The molecule has 102 valence electrons. The van der Waals surface area contributed by atoms with Crippen molar-refractivity contribution >= 4 is 5.69 Å². The molecule has 4 nitrogen and oxygen atoms in total. The van der Waals surface area contributed by atoms with E-state index in [2.05, 4.69) is 29.3 Å². The molecule has 0 aliphatic carbocycles. The molecular weight excluding hydrogens is 250 g/mol. The highest BCUT2D eigenvalue weighted by Crippen LogP contribution is 2.35. The zero-order chi connectivity index (χ0) is 14.1. The molecule has 0 fully saturated rings. The van der Waals surface area contributed by atoms with Crippen LogP contribution < -0.4 is 5.01 Å². The van der Waals surface area contributed by atoms with E-state index < -0.39 is 0 Å². The van der Waals surface area contributed by atoms with Crippen molar-refractivity contribution in [3.05, 3.63) is 63.8 Å². The highest BCUT2D eigenvalue weighted by Gasteiger charge is 2.26. The van der Waals surface area contributed by atoms with Gasteiger partial charge in [0.15, 0.2) is 0 Å². The Bertz CT molecular complexity index is 637. The van der Waals surface area contributed by atoms with Gasteiger partial charge in [-0.3, -0.25) is 4.98 Å². The van der Waals surface area contributed by atoms with Crippen LogP contribution in [0.3, 0.4) is 0 Å². The number of fused-ring (bicyclic) bond motifs is 1. The first-order chi connectivity index (χ1) is 9.67.